The number of carbonyl (C=O) groups is 2. The van der Waals surface area contributed by atoms with Gasteiger partial charge in [0, 0.05) is 12.8 Å². The number of amides is 1. The Balaban J connectivity index is 1.93. The van der Waals surface area contributed by atoms with Crippen LogP contribution in [0.4, 0.5) is 0 Å². The number of allylic oxidation sites excluding steroid dienone is 7. The van der Waals surface area contributed by atoms with E-state index in [1.54, 1.807) is 6.08 Å². The van der Waals surface area contributed by atoms with Gasteiger partial charge in [-0.15, -0.1) is 0 Å². The van der Waals surface area contributed by atoms with Crippen molar-refractivity contribution in [3.8, 4) is 0 Å². The fraction of sp³-hybridized carbons (Fsp3) is 0.857. The molecular formula is C70H129NO10. The van der Waals surface area contributed by atoms with Crippen molar-refractivity contribution in [1.29, 1.82) is 0 Å². The first-order chi connectivity index (χ1) is 39.7. The summed E-state index contributed by atoms with van der Waals surface area (Å²) in [7, 11) is 0. The van der Waals surface area contributed by atoms with Crippen molar-refractivity contribution in [2.75, 3.05) is 19.8 Å². The average molecular weight is 1140 g/mol. The number of ether oxygens (including phenoxy) is 3. The van der Waals surface area contributed by atoms with Gasteiger partial charge in [-0.2, -0.15) is 0 Å². The molecule has 0 bridgehead atoms. The number of hydrogen-bond acceptors (Lipinski definition) is 10. The highest BCUT2D eigenvalue weighted by Gasteiger charge is 2.44. The molecular weight excluding hydrogens is 1010 g/mol. The summed E-state index contributed by atoms with van der Waals surface area (Å²) in [6.07, 6.45) is 67.0. The van der Waals surface area contributed by atoms with Crippen molar-refractivity contribution in [2.45, 2.75) is 365 Å². The van der Waals surface area contributed by atoms with Crippen LogP contribution in [-0.4, -0.2) is 100 Å². The molecule has 0 aromatic heterocycles. The lowest BCUT2D eigenvalue weighted by molar-refractivity contribution is -0.302. The monoisotopic (exact) mass is 1140 g/mol. The molecule has 0 saturated carbocycles. The van der Waals surface area contributed by atoms with Crippen molar-refractivity contribution in [2.24, 2.45) is 0 Å². The molecule has 0 spiro atoms. The number of esters is 1. The van der Waals surface area contributed by atoms with Crippen LogP contribution in [0.2, 0.25) is 0 Å². The maximum absolute atomic E-state index is 13.0. The average Bonchev–Trinajstić information content (AvgIpc) is 3.46. The number of unbranched alkanes of at least 4 members (excludes halogenated alkanes) is 40. The maximum Gasteiger partial charge on any atom is 0.305 e. The smallest absolute Gasteiger partial charge is 0.305 e. The Morgan fingerprint density at radius 1 is 0.457 bits per heavy atom. The third kappa shape index (κ3) is 48.5. The molecule has 11 heteroatoms. The fourth-order valence-corrected chi connectivity index (χ4v) is 10.7. The van der Waals surface area contributed by atoms with Gasteiger partial charge in [-0.05, 0) is 77.0 Å². The third-order valence-electron chi connectivity index (χ3n) is 16.2. The van der Waals surface area contributed by atoms with Crippen LogP contribution in [0.3, 0.4) is 0 Å². The second-order valence-corrected chi connectivity index (χ2v) is 23.9. The summed E-state index contributed by atoms with van der Waals surface area (Å²) in [4.78, 5) is 25.0. The first-order valence-corrected chi connectivity index (χ1v) is 34.4. The highest BCUT2D eigenvalue weighted by Crippen LogP contribution is 2.23. The molecule has 1 rings (SSSR count). The molecule has 0 aromatic carbocycles. The number of rotatable bonds is 60. The van der Waals surface area contributed by atoms with Crippen LogP contribution in [-0.2, 0) is 23.8 Å². The summed E-state index contributed by atoms with van der Waals surface area (Å²) in [6.45, 7) is 4.29. The Kier molecular flexibility index (Phi) is 56.2. The second-order valence-electron chi connectivity index (χ2n) is 23.9. The van der Waals surface area contributed by atoms with Crippen LogP contribution in [0.15, 0.2) is 48.6 Å². The van der Waals surface area contributed by atoms with E-state index in [1.807, 2.05) is 6.08 Å². The van der Waals surface area contributed by atoms with Crippen molar-refractivity contribution >= 4 is 11.9 Å². The van der Waals surface area contributed by atoms with E-state index in [2.05, 4.69) is 55.6 Å². The van der Waals surface area contributed by atoms with Gasteiger partial charge in [-0.25, -0.2) is 0 Å². The minimum absolute atomic E-state index is 0.00624. The van der Waals surface area contributed by atoms with Crippen molar-refractivity contribution in [1.82, 2.24) is 5.32 Å². The predicted octanol–water partition coefficient (Wildman–Crippen LogP) is 17.2. The normalized spacial score (nSPS) is 18.5. The Labute approximate surface area is 497 Å². The van der Waals surface area contributed by atoms with Gasteiger partial charge in [0.2, 0.25) is 5.91 Å². The fourth-order valence-electron chi connectivity index (χ4n) is 10.7. The van der Waals surface area contributed by atoms with Crippen LogP contribution in [0.5, 0.6) is 0 Å². The quantitative estimate of drug-likeness (QED) is 0.0195. The molecule has 1 aliphatic rings. The first kappa shape index (κ1) is 76.6. The zero-order valence-electron chi connectivity index (χ0n) is 52.5. The number of aliphatic hydroxyl groups is 5. The lowest BCUT2D eigenvalue weighted by Crippen LogP contribution is -2.60. The van der Waals surface area contributed by atoms with Gasteiger partial charge in [0.1, 0.15) is 24.4 Å². The van der Waals surface area contributed by atoms with E-state index < -0.39 is 49.5 Å². The van der Waals surface area contributed by atoms with Gasteiger partial charge in [-0.1, -0.05) is 281 Å². The molecule has 0 aromatic rings. The van der Waals surface area contributed by atoms with E-state index in [0.29, 0.717) is 19.4 Å². The van der Waals surface area contributed by atoms with Gasteiger partial charge in [0.05, 0.1) is 32.0 Å². The standard InChI is InChI=1S/C70H129NO10/c1-3-5-7-9-11-13-37-42-46-50-54-58-66(75)79-59-55-51-47-43-39-36-34-32-30-28-26-24-22-20-18-16-14-15-17-19-21-23-25-27-29-31-33-35-38-41-45-49-53-57-65(74)71-62(63(73)56-52-48-44-40-12-10-8-6-4-2)61-80-70-69(78)68(77)67(76)64(60-72)81-70/h12,18,20,24,26,40,52,56,62-64,67-70,72-73,76-78H,3-11,13-17,19,21-23,25,27-39,41-51,53-55,57-61H2,1-2H3,(H,71,74)/b20-18-,26-24-,40-12+,56-52+. The van der Waals surface area contributed by atoms with E-state index in [0.717, 1.165) is 64.2 Å². The SMILES string of the molecule is CCCCC/C=C/CC/C=C/C(O)C(COC1OC(CO)C(O)C(O)C1O)NC(=O)CCCCCCCCCCCCCCCCCCC/C=C\C/C=C\CCCCCCCCCCCOC(=O)CCCCCCCCCCCCC. The minimum Gasteiger partial charge on any atom is -0.466 e. The molecule has 1 fully saturated rings. The van der Waals surface area contributed by atoms with Crippen LogP contribution in [0.25, 0.3) is 0 Å². The van der Waals surface area contributed by atoms with Crippen LogP contribution in [0.1, 0.15) is 322 Å². The zero-order valence-corrected chi connectivity index (χ0v) is 52.5. The summed E-state index contributed by atoms with van der Waals surface area (Å²) in [6, 6.07) is -0.825. The Bertz CT molecular complexity index is 1480. The van der Waals surface area contributed by atoms with Crippen molar-refractivity contribution in [3.63, 3.8) is 0 Å². The molecule has 474 valence electrons. The molecule has 7 atom stereocenters. The lowest BCUT2D eigenvalue weighted by Gasteiger charge is -2.40. The summed E-state index contributed by atoms with van der Waals surface area (Å²) in [5.74, 6) is -0.186. The lowest BCUT2D eigenvalue weighted by atomic mass is 9.99. The molecule has 0 radical (unpaired) electrons. The zero-order chi connectivity index (χ0) is 58.7. The Morgan fingerprint density at radius 3 is 1.32 bits per heavy atom. The minimum atomic E-state index is -1.57. The summed E-state index contributed by atoms with van der Waals surface area (Å²) >= 11 is 0. The van der Waals surface area contributed by atoms with Gasteiger partial charge in [-0.3, -0.25) is 9.59 Å². The largest absolute Gasteiger partial charge is 0.466 e. The summed E-state index contributed by atoms with van der Waals surface area (Å²) in [5.41, 5.74) is 0. The number of nitrogens with one attached hydrogen (secondary N) is 1. The van der Waals surface area contributed by atoms with E-state index in [-0.39, 0.29) is 18.5 Å². The van der Waals surface area contributed by atoms with E-state index in [1.165, 1.54) is 231 Å². The van der Waals surface area contributed by atoms with E-state index >= 15 is 0 Å². The molecule has 0 aliphatic carbocycles. The third-order valence-corrected chi connectivity index (χ3v) is 16.2. The van der Waals surface area contributed by atoms with Crippen molar-refractivity contribution in [3.05, 3.63) is 48.6 Å². The number of hydrogen-bond donors (Lipinski definition) is 6. The maximum atomic E-state index is 13.0. The molecule has 81 heavy (non-hydrogen) atoms. The first-order valence-electron chi connectivity index (χ1n) is 34.4. The Hall–Kier alpha value is -2.38. The molecule has 11 nitrogen and oxygen atoms in total. The van der Waals surface area contributed by atoms with Crippen LogP contribution < -0.4 is 5.32 Å². The van der Waals surface area contributed by atoms with Crippen LogP contribution >= 0.6 is 0 Å². The van der Waals surface area contributed by atoms with Gasteiger partial charge in [0.15, 0.2) is 6.29 Å². The number of carbonyl (C=O) groups excluding carboxylic acids is 2. The molecule has 1 heterocycles. The highest BCUT2D eigenvalue weighted by molar-refractivity contribution is 5.76. The van der Waals surface area contributed by atoms with E-state index in [9.17, 15) is 35.1 Å². The molecule has 7 unspecified atom stereocenters. The molecule has 1 amide bonds. The molecule has 6 N–H and O–H groups in total. The predicted molar refractivity (Wildman–Crippen MR) is 338 cm³/mol. The summed E-state index contributed by atoms with van der Waals surface area (Å²) < 4.78 is 16.7. The molecule has 1 aliphatic heterocycles. The Morgan fingerprint density at radius 2 is 0.840 bits per heavy atom. The summed E-state index contributed by atoms with van der Waals surface area (Å²) in [5, 5.41) is 54.2. The number of aliphatic hydroxyl groups excluding tert-OH is 5. The van der Waals surface area contributed by atoms with Gasteiger partial charge in [0.25, 0.3) is 0 Å². The molecule has 1 saturated heterocycles. The van der Waals surface area contributed by atoms with Gasteiger partial charge < -0.3 is 45.1 Å². The highest BCUT2D eigenvalue weighted by atomic mass is 16.7. The second kappa shape index (κ2) is 59.4. The van der Waals surface area contributed by atoms with Gasteiger partial charge >= 0.3 is 5.97 Å². The van der Waals surface area contributed by atoms with Crippen molar-refractivity contribution < 1.29 is 49.3 Å². The van der Waals surface area contributed by atoms with Crippen LogP contribution in [0, 0.1) is 0 Å². The topological polar surface area (TPSA) is 175 Å². The van der Waals surface area contributed by atoms with E-state index in [4.69, 9.17) is 14.2 Å².